The lowest BCUT2D eigenvalue weighted by Crippen LogP contribution is -2.49. The van der Waals surface area contributed by atoms with E-state index in [2.05, 4.69) is 14.9 Å². The van der Waals surface area contributed by atoms with Crippen LogP contribution in [0.5, 0.6) is 0 Å². The van der Waals surface area contributed by atoms with Gasteiger partial charge in [0, 0.05) is 44.1 Å². The molecule has 6 heteroatoms. The van der Waals surface area contributed by atoms with Gasteiger partial charge in [0.1, 0.15) is 5.82 Å². The molecule has 1 amide bonds. The molecule has 1 fully saturated rings. The van der Waals surface area contributed by atoms with E-state index in [-0.39, 0.29) is 5.91 Å². The molecule has 0 bridgehead atoms. The predicted molar refractivity (Wildman–Crippen MR) is 101 cm³/mol. The van der Waals surface area contributed by atoms with Crippen LogP contribution in [0, 0.1) is 0 Å². The molecular weight excluding hydrogens is 328 g/mol. The highest BCUT2D eigenvalue weighted by Gasteiger charge is 2.23. The first kappa shape index (κ1) is 18.3. The quantitative estimate of drug-likeness (QED) is 0.891. The van der Waals surface area contributed by atoms with Gasteiger partial charge in [0.15, 0.2) is 0 Å². The highest BCUT2D eigenvalue weighted by molar-refractivity contribution is 5.94. The zero-order chi connectivity index (χ0) is 18.6. The van der Waals surface area contributed by atoms with Gasteiger partial charge in [-0.2, -0.15) is 0 Å². The topological polar surface area (TPSA) is 69.6 Å². The summed E-state index contributed by atoms with van der Waals surface area (Å²) in [6.07, 6.45) is 6.52. The number of aromatic nitrogens is 2. The second-order valence-electron chi connectivity index (χ2n) is 7.36. The minimum atomic E-state index is -0.698. The summed E-state index contributed by atoms with van der Waals surface area (Å²) in [5, 5.41) is 9.89. The third kappa shape index (κ3) is 4.79. The van der Waals surface area contributed by atoms with Crippen LogP contribution in [0.3, 0.4) is 0 Å². The molecule has 0 radical (unpaired) electrons. The maximum atomic E-state index is 12.8. The summed E-state index contributed by atoms with van der Waals surface area (Å²) in [6, 6.07) is 7.74. The van der Waals surface area contributed by atoms with Crippen molar-refractivity contribution in [3.8, 4) is 0 Å². The average molecular weight is 354 g/mol. The number of hydrogen-bond acceptors (Lipinski definition) is 5. The van der Waals surface area contributed by atoms with Crippen molar-refractivity contribution in [1.82, 2.24) is 14.9 Å². The first-order valence-corrected chi connectivity index (χ1v) is 9.04. The van der Waals surface area contributed by atoms with Gasteiger partial charge in [-0.1, -0.05) is 12.1 Å². The molecule has 0 atom stereocenters. The molecule has 0 spiro atoms. The lowest BCUT2D eigenvalue weighted by molar-refractivity contribution is 0.0714. The Kier molecular flexibility index (Phi) is 5.52. The molecule has 1 saturated heterocycles. The molecule has 2 heterocycles. The fraction of sp³-hybridized carbons (Fsp3) is 0.450. The number of anilines is 1. The summed E-state index contributed by atoms with van der Waals surface area (Å²) in [5.41, 5.74) is 1.10. The lowest BCUT2D eigenvalue weighted by atomic mass is 9.97. The third-order valence-electron chi connectivity index (χ3n) is 4.64. The highest BCUT2D eigenvalue weighted by atomic mass is 16.3. The maximum absolute atomic E-state index is 12.8. The molecule has 1 aromatic carbocycles. The highest BCUT2D eigenvalue weighted by Crippen LogP contribution is 2.17. The fourth-order valence-corrected chi connectivity index (χ4v) is 3.09. The first-order chi connectivity index (χ1) is 12.4. The van der Waals surface area contributed by atoms with E-state index in [9.17, 15) is 9.90 Å². The molecule has 0 saturated carbocycles. The average Bonchev–Trinajstić information content (AvgIpc) is 2.66. The van der Waals surface area contributed by atoms with Gasteiger partial charge in [-0.15, -0.1) is 0 Å². The van der Waals surface area contributed by atoms with Crippen molar-refractivity contribution in [1.29, 1.82) is 0 Å². The van der Waals surface area contributed by atoms with E-state index in [1.54, 1.807) is 32.4 Å². The fourth-order valence-electron chi connectivity index (χ4n) is 3.09. The molecule has 138 valence electrons. The molecule has 1 N–H and O–H groups in total. The summed E-state index contributed by atoms with van der Waals surface area (Å²) >= 11 is 0. The minimum absolute atomic E-state index is 0.0638. The Balaban J connectivity index is 1.60. The van der Waals surface area contributed by atoms with Gasteiger partial charge in [0.25, 0.3) is 5.91 Å². The molecule has 1 aliphatic rings. The van der Waals surface area contributed by atoms with Crippen LogP contribution < -0.4 is 4.90 Å². The van der Waals surface area contributed by atoms with Crippen molar-refractivity contribution in [2.24, 2.45) is 0 Å². The molecule has 6 nitrogen and oxygen atoms in total. The summed E-state index contributed by atoms with van der Waals surface area (Å²) in [6.45, 7) is 6.45. The number of aliphatic hydroxyl groups is 1. The van der Waals surface area contributed by atoms with Crippen molar-refractivity contribution >= 4 is 11.7 Å². The Bertz CT molecular complexity index is 735. The van der Waals surface area contributed by atoms with E-state index >= 15 is 0 Å². The van der Waals surface area contributed by atoms with Crippen molar-refractivity contribution in [2.75, 3.05) is 31.1 Å². The number of hydrogen-bond donors (Lipinski definition) is 1. The Morgan fingerprint density at radius 3 is 2.62 bits per heavy atom. The summed E-state index contributed by atoms with van der Waals surface area (Å²) < 4.78 is 0. The number of carbonyl (C=O) groups is 1. The SMILES string of the molecule is CC(C)(O)CCc1cccc(C(=O)N2CCN(c3cnccn3)CC2)c1. The van der Waals surface area contributed by atoms with E-state index < -0.39 is 5.60 Å². The van der Waals surface area contributed by atoms with Gasteiger partial charge in [0.05, 0.1) is 11.8 Å². The van der Waals surface area contributed by atoms with E-state index in [0.717, 1.165) is 30.9 Å². The van der Waals surface area contributed by atoms with Crippen LogP contribution >= 0.6 is 0 Å². The van der Waals surface area contributed by atoms with Crippen molar-refractivity contribution in [3.05, 3.63) is 54.0 Å². The summed E-state index contributed by atoms with van der Waals surface area (Å²) in [7, 11) is 0. The lowest BCUT2D eigenvalue weighted by Gasteiger charge is -2.35. The van der Waals surface area contributed by atoms with E-state index in [1.165, 1.54) is 0 Å². The van der Waals surface area contributed by atoms with E-state index in [0.29, 0.717) is 25.1 Å². The Labute approximate surface area is 154 Å². The van der Waals surface area contributed by atoms with Gasteiger partial charge in [0.2, 0.25) is 0 Å². The van der Waals surface area contributed by atoms with Crippen LogP contribution in [0.2, 0.25) is 0 Å². The summed E-state index contributed by atoms with van der Waals surface area (Å²) in [5.74, 6) is 0.919. The number of carbonyl (C=O) groups excluding carboxylic acids is 1. The second-order valence-corrected chi connectivity index (χ2v) is 7.36. The largest absolute Gasteiger partial charge is 0.390 e. The predicted octanol–water partition coefficient (Wildman–Crippen LogP) is 2.14. The number of benzene rings is 1. The normalized spacial score (nSPS) is 15.2. The number of aryl methyl sites for hydroxylation is 1. The first-order valence-electron chi connectivity index (χ1n) is 9.04. The number of piperazine rings is 1. The van der Waals surface area contributed by atoms with Gasteiger partial charge in [-0.05, 0) is 44.4 Å². The van der Waals surface area contributed by atoms with Crippen molar-refractivity contribution in [3.63, 3.8) is 0 Å². The van der Waals surface area contributed by atoms with Crippen LogP contribution in [0.15, 0.2) is 42.9 Å². The van der Waals surface area contributed by atoms with Crippen LogP contribution in [0.25, 0.3) is 0 Å². The molecule has 2 aromatic rings. The Morgan fingerprint density at radius 2 is 1.96 bits per heavy atom. The van der Waals surface area contributed by atoms with Crippen LogP contribution in [0.4, 0.5) is 5.82 Å². The molecular formula is C20H26N4O2. The van der Waals surface area contributed by atoms with Crippen LogP contribution in [0.1, 0.15) is 36.2 Å². The van der Waals surface area contributed by atoms with Crippen molar-refractivity contribution in [2.45, 2.75) is 32.3 Å². The zero-order valence-corrected chi connectivity index (χ0v) is 15.4. The van der Waals surface area contributed by atoms with Gasteiger partial charge in [-0.3, -0.25) is 9.78 Å². The van der Waals surface area contributed by atoms with E-state index in [4.69, 9.17) is 0 Å². The molecule has 1 aliphatic heterocycles. The molecule has 0 aliphatic carbocycles. The zero-order valence-electron chi connectivity index (χ0n) is 15.4. The number of amides is 1. The van der Waals surface area contributed by atoms with Gasteiger partial charge in [-0.25, -0.2) is 4.98 Å². The molecule has 1 aromatic heterocycles. The molecule has 26 heavy (non-hydrogen) atoms. The molecule has 0 unspecified atom stereocenters. The number of rotatable bonds is 5. The third-order valence-corrected chi connectivity index (χ3v) is 4.64. The van der Waals surface area contributed by atoms with E-state index in [1.807, 2.05) is 29.2 Å². The Hall–Kier alpha value is -2.47. The monoisotopic (exact) mass is 354 g/mol. The second kappa shape index (κ2) is 7.83. The van der Waals surface area contributed by atoms with Crippen LogP contribution in [-0.4, -0.2) is 57.7 Å². The summed E-state index contributed by atoms with van der Waals surface area (Å²) in [4.78, 5) is 25.3. The van der Waals surface area contributed by atoms with Crippen LogP contribution in [-0.2, 0) is 6.42 Å². The maximum Gasteiger partial charge on any atom is 0.253 e. The van der Waals surface area contributed by atoms with Gasteiger partial charge >= 0.3 is 0 Å². The molecule has 3 rings (SSSR count). The van der Waals surface area contributed by atoms with Crippen molar-refractivity contribution < 1.29 is 9.90 Å². The smallest absolute Gasteiger partial charge is 0.253 e. The standard InChI is InChI=1S/C20H26N4O2/c1-20(2,26)7-6-16-4-3-5-17(14-16)19(25)24-12-10-23(11-13-24)18-15-21-8-9-22-18/h3-5,8-9,14-15,26H,6-7,10-13H2,1-2H3. The number of nitrogens with zero attached hydrogens (tertiary/aromatic N) is 4. The minimum Gasteiger partial charge on any atom is -0.390 e. The Morgan fingerprint density at radius 1 is 1.19 bits per heavy atom. The van der Waals surface area contributed by atoms with Gasteiger partial charge < -0.3 is 14.9 Å².